The average molecular weight is 495 g/mol. The van der Waals surface area contributed by atoms with Gasteiger partial charge in [0.1, 0.15) is 17.3 Å². The third kappa shape index (κ3) is 5.68. The van der Waals surface area contributed by atoms with Gasteiger partial charge < -0.3 is 10.2 Å². The molecular formula is C27H28F2N4O3. The molecule has 0 unspecified atom stereocenters. The Bertz CT molecular complexity index is 1180. The molecule has 1 N–H and O–H groups in total. The summed E-state index contributed by atoms with van der Waals surface area (Å²) in [5.74, 6) is -1.02. The van der Waals surface area contributed by atoms with Crippen molar-refractivity contribution in [3.8, 4) is 0 Å². The van der Waals surface area contributed by atoms with Crippen LogP contribution in [0, 0.1) is 21.7 Å². The molecular weight excluding hydrogens is 466 g/mol. The standard InChI is InChI=1S/C27H28F2N4O3/c1-18(2)30-27(34)21-7-12-24(25(17-21)33(35)36)31-13-15-32(16-14-31)26(19-3-8-22(28)9-4-19)20-5-10-23(29)11-6-20/h3-12,17-18,26H,13-16H2,1-2H3,(H,30,34). The summed E-state index contributed by atoms with van der Waals surface area (Å²) in [5.41, 5.74) is 2.34. The Morgan fingerprint density at radius 3 is 1.89 bits per heavy atom. The van der Waals surface area contributed by atoms with Gasteiger partial charge in [-0.05, 0) is 61.4 Å². The Balaban J connectivity index is 1.56. The first-order chi connectivity index (χ1) is 17.2. The van der Waals surface area contributed by atoms with E-state index in [0.717, 1.165) is 11.1 Å². The second-order valence-electron chi connectivity index (χ2n) is 9.12. The van der Waals surface area contributed by atoms with E-state index < -0.39 is 4.92 Å². The molecule has 36 heavy (non-hydrogen) atoms. The van der Waals surface area contributed by atoms with Gasteiger partial charge in [-0.3, -0.25) is 19.8 Å². The number of rotatable bonds is 7. The van der Waals surface area contributed by atoms with Gasteiger partial charge in [0, 0.05) is 43.9 Å². The van der Waals surface area contributed by atoms with E-state index in [9.17, 15) is 23.7 Å². The zero-order valence-electron chi connectivity index (χ0n) is 20.2. The first-order valence-electron chi connectivity index (χ1n) is 11.8. The summed E-state index contributed by atoms with van der Waals surface area (Å²) in [4.78, 5) is 27.9. The molecule has 188 valence electrons. The number of piperazine rings is 1. The van der Waals surface area contributed by atoms with E-state index in [0.29, 0.717) is 31.9 Å². The van der Waals surface area contributed by atoms with Crippen molar-refractivity contribution in [3.63, 3.8) is 0 Å². The monoisotopic (exact) mass is 494 g/mol. The predicted molar refractivity (Wildman–Crippen MR) is 134 cm³/mol. The normalized spacial score (nSPS) is 14.3. The van der Waals surface area contributed by atoms with Crippen molar-refractivity contribution in [2.45, 2.75) is 25.9 Å². The SMILES string of the molecule is CC(C)NC(=O)c1ccc(N2CCN(C(c3ccc(F)cc3)c3ccc(F)cc3)CC2)c([N+](=O)[O-])c1. The molecule has 0 radical (unpaired) electrons. The number of carbonyl (C=O) groups excluding carboxylic acids is 1. The second kappa shape index (κ2) is 10.8. The highest BCUT2D eigenvalue weighted by Gasteiger charge is 2.29. The van der Waals surface area contributed by atoms with Gasteiger partial charge in [0.15, 0.2) is 0 Å². The largest absolute Gasteiger partial charge is 0.363 e. The molecule has 4 rings (SSSR count). The lowest BCUT2D eigenvalue weighted by atomic mass is 9.96. The fraction of sp³-hybridized carbons (Fsp3) is 0.296. The zero-order chi connectivity index (χ0) is 25.8. The lowest BCUT2D eigenvalue weighted by molar-refractivity contribution is -0.384. The van der Waals surface area contributed by atoms with E-state index in [-0.39, 0.29) is 40.9 Å². The maximum Gasteiger partial charge on any atom is 0.293 e. The quantitative estimate of drug-likeness (QED) is 0.373. The molecule has 1 heterocycles. The maximum atomic E-state index is 13.6. The van der Waals surface area contributed by atoms with E-state index in [1.165, 1.54) is 30.3 Å². The molecule has 3 aromatic rings. The van der Waals surface area contributed by atoms with Gasteiger partial charge >= 0.3 is 0 Å². The van der Waals surface area contributed by atoms with Gasteiger partial charge in [0.2, 0.25) is 0 Å². The fourth-order valence-electron chi connectivity index (χ4n) is 4.55. The van der Waals surface area contributed by atoms with Crippen LogP contribution in [-0.2, 0) is 0 Å². The van der Waals surface area contributed by atoms with Gasteiger partial charge in [0.05, 0.1) is 11.0 Å². The minimum absolute atomic E-state index is 0.0838. The molecule has 7 nitrogen and oxygen atoms in total. The highest BCUT2D eigenvalue weighted by molar-refractivity contribution is 5.96. The maximum absolute atomic E-state index is 13.6. The van der Waals surface area contributed by atoms with Crippen molar-refractivity contribution in [1.29, 1.82) is 0 Å². The van der Waals surface area contributed by atoms with Crippen LogP contribution in [0.25, 0.3) is 0 Å². The Labute approximate surface area is 208 Å². The Kier molecular flexibility index (Phi) is 7.59. The summed E-state index contributed by atoms with van der Waals surface area (Å²) < 4.78 is 27.2. The topological polar surface area (TPSA) is 78.7 Å². The number of nitro groups is 1. The summed E-state index contributed by atoms with van der Waals surface area (Å²) in [7, 11) is 0. The van der Waals surface area contributed by atoms with E-state index in [2.05, 4.69) is 10.2 Å². The van der Waals surface area contributed by atoms with Crippen LogP contribution in [0.3, 0.4) is 0 Å². The molecule has 0 aromatic heterocycles. The molecule has 1 aliphatic rings. The molecule has 0 atom stereocenters. The second-order valence-corrected chi connectivity index (χ2v) is 9.12. The van der Waals surface area contributed by atoms with Gasteiger partial charge in [-0.1, -0.05) is 24.3 Å². The van der Waals surface area contributed by atoms with Crippen molar-refractivity contribution in [3.05, 3.63) is 105 Å². The Hall–Kier alpha value is -3.85. The summed E-state index contributed by atoms with van der Waals surface area (Å²) in [6, 6.07) is 16.8. The number of amides is 1. The van der Waals surface area contributed by atoms with Crippen LogP contribution in [0.2, 0.25) is 0 Å². The van der Waals surface area contributed by atoms with Crippen LogP contribution in [0.1, 0.15) is 41.4 Å². The van der Waals surface area contributed by atoms with Crippen molar-refractivity contribution in [2.24, 2.45) is 0 Å². The lowest BCUT2D eigenvalue weighted by Gasteiger charge is -2.40. The van der Waals surface area contributed by atoms with Crippen LogP contribution in [-0.4, -0.2) is 48.0 Å². The number of hydrogen-bond donors (Lipinski definition) is 1. The number of nitrogens with one attached hydrogen (secondary N) is 1. The van der Waals surface area contributed by atoms with Crippen molar-refractivity contribution in [2.75, 3.05) is 31.1 Å². The highest BCUT2D eigenvalue weighted by Crippen LogP contribution is 2.34. The minimum Gasteiger partial charge on any atom is -0.363 e. The van der Waals surface area contributed by atoms with Gasteiger partial charge in [-0.2, -0.15) is 0 Å². The van der Waals surface area contributed by atoms with Crippen LogP contribution in [0.5, 0.6) is 0 Å². The summed E-state index contributed by atoms with van der Waals surface area (Å²) in [5, 5.41) is 14.6. The van der Waals surface area contributed by atoms with Gasteiger partial charge in [-0.25, -0.2) is 8.78 Å². The Morgan fingerprint density at radius 2 is 1.42 bits per heavy atom. The molecule has 1 amide bonds. The Morgan fingerprint density at radius 1 is 0.889 bits per heavy atom. The van der Waals surface area contributed by atoms with Crippen LogP contribution < -0.4 is 10.2 Å². The summed E-state index contributed by atoms with van der Waals surface area (Å²) >= 11 is 0. The number of nitrogens with zero attached hydrogens (tertiary/aromatic N) is 3. The van der Waals surface area contributed by atoms with E-state index in [4.69, 9.17) is 0 Å². The molecule has 0 aliphatic carbocycles. The number of nitro benzene ring substituents is 1. The van der Waals surface area contributed by atoms with Gasteiger partial charge in [-0.15, -0.1) is 0 Å². The fourth-order valence-corrected chi connectivity index (χ4v) is 4.55. The molecule has 0 bridgehead atoms. The molecule has 3 aromatic carbocycles. The van der Waals surface area contributed by atoms with Crippen molar-refractivity contribution >= 4 is 17.3 Å². The highest BCUT2D eigenvalue weighted by atomic mass is 19.1. The number of carbonyl (C=O) groups is 1. The van der Waals surface area contributed by atoms with Crippen LogP contribution >= 0.6 is 0 Å². The molecule has 0 saturated carbocycles. The molecule has 9 heteroatoms. The first-order valence-corrected chi connectivity index (χ1v) is 11.8. The van der Waals surface area contributed by atoms with Crippen LogP contribution in [0.15, 0.2) is 66.7 Å². The average Bonchev–Trinajstić information content (AvgIpc) is 2.86. The van der Waals surface area contributed by atoms with E-state index in [1.54, 1.807) is 36.4 Å². The molecule has 0 spiro atoms. The van der Waals surface area contributed by atoms with Gasteiger partial charge in [0.25, 0.3) is 11.6 Å². The number of anilines is 1. The zero-order valence-corrected chi connectivity index (χ0v) is 20.2. The van der Waals surface area contributed by atoms with E-state index in [1.807, 2.05) is 18.7 Å². The summed E-state index contributed by atoms with van der Waals surface area (Å²) in [6.45, 7) is 5.82. The lowest BCUT2D eigenvalue weighted by Crippen LogP contribution is -2.48. The summed E-state index contributed by atoms with van der Waals surface area (Å²) in [6.07, 6.45) is 0. The number of halogens is 2. The third-order valence-electron chi connectivity index (χ3n) is 6.25. The smallest absolute Gasteiger partial charge is 0.293 e. The number of hydrogen-bond acceptors (Lipinski definition) is 5. The number of benzene rings is 3. The third-order valence-corrected chi connectivity index (χ3v) is 6.25. The molecule has 1 saturated heterocycles. The molecule has 1 fully saturated rings. The van der Waals surface area contributed by atoms with Crippen LogP contribution in [0.4, 0.5) is 20.2 Å². The first kappa shape index (κ1) is 25.2. The minimum atomic E-state index is -0.465. The molecule has 1 aliphatic heterocycles. The van der Waals surface area contributed by atoms with Crippen molar-refractivity contribution < 1.29 is 18.5 Å². The van der Waals surface area contributed by atoms with E-state index >= 15 is 0 Å². The predicted octanol–water partition coefficient (Wildman–Crippen LogP) is 4.92. The van der Waals surface area contributed by atoms with Crippen molar-refractivity contribution in [1.82, 2.24) is 10.2 Å².